The molecule has 0 saturated carbocycles. The van der Waals surface area contributed by atoms with E-state index in [0.717, 1.165) is 5.56 Å². The number of carbonyl (C=O) groups is 5. The Balaban J connectivity index is 2.12. The van der Waals surface area contributed by atoms with Gasteiger partial charge in [-0.1, -0.05) is 30.3 Å². The zero-order chi connectivity index (χ0) is 34.7. The molecule has 0 amide bonds. The van der Waals surface area contributed by atoms with Crippen molar-refractivity contribution in [3.63, 3.8) is 0 Å². The highest BCUT2D eigenvalue weighted by atomic mass is 16.6. The van der Waals surface area contributed by atoms with Crippen LogP contribution < -0.4 is 0 Å². The number of rotatable bonds is 15. The standard InChI is InChI=1S/C35H44N2O10/c1-8-45-30(40)18-25-24(15-17-29(39)44-7)32(33(41)46-20-22-12-10-9-11-13-22)37-27(25)19-26-21(2)23(14-16-28(38)43-6)31(36-26)34(42)47-35(3,4)5/h9-13,36-37H,8,14-20H2,1-7H3. The summed E-state index contributed by atoms with van der Waals surface area (Å²) in [7, 11) is 2.57. The Morgan fingerprint density at radius 2 is 1.30 bits per heavy atom. The van der Waals surface area contributed by atoms with E-state index in [-0.39, 0.29) is 63.1 Å². The van der Waals surface area contributed by atoms with Gasteiger partial charge in [-0.2, -0.15) is 0 Å². The molecule has 2 aromatic heterocycles. The fraction of sp³-hybridized carbons (Fsp3) is 0.457. The normalized spacial score (nSPS) is 11.1. The summed E-state index contributed by atoms with van der Waals surface area (Å²) in [6.45, 7) is 8.93. The monoisotopic (exact) mass is 652 g/mol. The van der Waals surface area contributed by atoms with Gasteiger partial charge in [-0.05, 0) is 75.3 Å². The zero-order valence-electron chi connectivity index (χ0n) is 28.1. The van der Waals surface area contributed by atoms with Gasteiger partial charge in [0.15, 0.2) is 0 Å². The second-order valence-electron chi connectivity index (χ2n) is 11.9. The molecule has 254 valence electrons. The van der Waals surface area contributed by atoms with Crippen LogP contribution in [0.2, 0.25) is 0 Å². The van der Waals surface area contributed by atoms with E-state index in [4.69, 9.17) is 23.7 Å². The van der Waals surface area contributed by atoms with Gasteiger partial charge in [-0.15, -0.1) is 0 Å². The van der Waals surface area contributed by atoms with Crippen molar-refractivity contribution in [2.24, 2.45) is 0 Å². The smallest absolute Gasteiger partial charge is 0.355 e. The summed E-state index contributed by atoms with van der Waals surface area (Å²) in [5.41, 5.74) is 3.59. The van der Waals surface area contributed by atoms with E-state index in [1.807, 2.05) is 37.3 Å². The fourth-order valence-electron chi connectivity index (χ4n) is 5.12. The summed E-state index contributed by atoms with van der Waals surface area (Å²) in [5, 5.41) is 0. The lowest BCUT2D eigenvalue weighted by molar-refractivity contribution is -0.142. The highest BCUT2D eigenvalue weighted by molar-refractivity contribution is 5.92. The molecule has 0 radical (unpaired) electrons. The first kappa shape index (κ1) is 36.6. The maximum Gasteiger partial charge on any atom is 0.355 e. The first-order valence-corrected chi connectivity index (χ1v) is 15.4. The average Bonchev–Trinajstić information content (AvgIpc) is 3.53. The minimum absolute atomic E-state index is 0.0101. The lowest BCUT2D eigenvalue weighted by Crippen LogP contribution is -2.24. The minimum Gasteiger partial charge on any atom is -0.469 e. The van der Waals surface area contributed by atoms with Crippen molar-refractivity contribution in [1.82, 2.24) is 9.97 Å². The number of esters is 5. The van der Waals surface area contributed by atoms with Crippen molar-refractivity contribution in [1.29, 1.82) is 0 Å². The Morgan fingerprint density at radius 3 is 1.87 bits per heavy atom. The van der Waals surface area contributed by atoms with Gasteiger partial charge in [-0.25, -0.2) is 9.59 Å². The van der Waals surface area contributed by atoms with Gasteiger partial charge in [0.2, 0.25) is 0 Å². The zero-order valence-corrected chi connectivity index (χ0v) is 28.1. The van der Waals surface area contributed by atoms with Crippen LogP contribution in [0.25, 0.3) is 0 Å². The van der Waals surface area contributed by atoms with Crippen LogP contribution in [-0.2, 0) is 70.4 Å². The number of nitrogens with one attached hydrogen (secondary N) is 2. The van der Waals surface area contributed by atoms with E-state index >= 15 is 0 Å². The third-order valence-electron chi connectivity index (χ3n) is 7.40. The molecule has 0 saturated heterocycles. The van der Waals surface area contributed by atoms with Crippen molar-refractivity contribution in [2.75, 3.05) is 20.8 Å². The van der Waals surface area contributed by atoms with Crippen molar-refractivity contribution in [3.8, 4) is 0 Å². The molecule has 3 rings (SSSR count). The van der Waals surface area contributed by atoms with Crippen molar-refractivity contribution in [3.05, 3.63) is 80.9 Å². The minimum atomic E-state index is -0.772. The number of H-pyrrole nitrogens is 2. The molecular formula is C35H44N2O10. The lowest BCUT2D eigenvalue weighted by atomic mass is 9.97. The summed E-state index contributed by atoms with van der Waals surface area (Å²) in [6, 6.07) is 9.17. The first-order chi connectivity index (χ1) is 22.3. The van der Waals surface area contributed by atoms with Gasteiger partial charge in [0.1, 0.15) is 23.6 Å². The van der Waals surface area contributed by atoms with Crippen molar-refractivity contribution >= 4 is 29.8 Å². The summed E-state index contributed by atoms with van der Waals surface area (Å²) in [5.74, 6) is -2.70. The van der Waals surface area contributed by atoms with Crippen LogP contribution in [0.5, 0.6) is 0 Å². The summed E-state index contributed by atoms with van der Waals surface area (Å²) >= 11 is 0. The second-order valence-corrected chi connectivity index (χ2v) is 11.9. The first-order valence-electron chi connectivity index (χ1n) is 15.4. The molecule has 0 aliphatic heterocycles. The van der Waals surface area contributed by atoms with Crippen LogP contribution in [0.3, 0.4) is 0 Å². The maximum atomic E-state index is 13.5. The van der Waals surface area contributed by atoms with E-state index in [9.17, 15) is 24.0 Å². The van der Waals surface area contributed by atoms with Crippen LogP contribution in [0, 0.1) is 6.92 Å². The van der Waals surface area contributed by atoms with E-state index in [1.54, 1.807) is 27.7 Å². The van der Waals surface area contributed by atoms with E-state index in [0.29, 0.717) is 33.6 Å². The molecule has 3 aromatic rings. The Morgan fingerprint density at radius 1 is 0.723 bits per heavy atom. The average molecular weight is 653 g/mol. The topological polar surface area (TPSA) is 163 Å². The SMILES string of the molecule is CCOC(=O)Cc1c(Cc2[nH]c(C(=O)OC(C)(C)C)c(CCC(=O)OC)c2C)[nH]c(C(=O)OCc2ccccc2)c1CCC(=O)OC. The predicted octanol–water partition coefficient (Wildman–Crippen LogP) is 4.87. The Kier molecular flexibility index (Phi) is 12.9. The largest absolute Gasteiger partial charge is 0.469 e. The molecule has 0 spiro atoms. The summed E-state index contributed by atoms with van der Waals surface area (Å²) in [4.78, 5) is 70.1. The Labute approximate surface area is 274 Å². The molecule has 12 heteroatoms. The van der Waals surface area contributed by atoms with E-state index in [2.05, 4.69) is 9.97 Å². The molecule has 47 heavy (non-hydrogen) atoms. The lowest BCUT2D eigenvalue weighted by Gasteiger charge is -2.19. The molecule has 2 N–H and O–H groups in total. The van der Waals surface area contributed by atoms with Crippen molar-refractivity contribution in [2.45, 2.75) is 85.4 Å². The van der Waals surface area contributed by atoms with E-state index < -0.39 is 35.4 Å². The van der Waals surface area contributed by atoms with Crippen LogP contribution in [0.1, 0.15) is 101 Å². The van der Waals surface area contributed by atoms with Crippen LogP contribution in [0.15, 0.2) is 30.3 Å². The molecule has 1 aromatic carbocycles. The van der Waals surface area contributed by atoms with Gasteiger partial charge in [-0.3, -0.25) is 14.4 Å². The van der Waals surface area contributed by atoms with Gasteiger partial charge in [0.25, 0.3) is 0 Å². The maximum absolute atomic E-state index is 13.5. The number of benzene rings is 1. The quantitative estimate of drug-likeness (QED) is 0.171. The number of methoxy groups -OCH3 is 2. The van der Waals surface area contributed by atoms with Crippen LogP contribution >= 0.6 is 0 Å². The molecule has 2 heterocycles. The number of ether oxygens (including phenoxy) is 5. The van der Waals surface area contributed by atoms with Gasteiger partial charge in [0, 0.05) is 30.7 Å². The number of carbonyl (C=O) groups excluding carboxylic acids is 5. The van der Waals surface area contributed by atoms with Gasteiger partial charge in [0.05, 0.1) is 27.2 Å². The Hall–Kier alpha value is -4.87. The molecule has 0 atom stereocenters. The number of aromatic amines is 2. The highest BCUT2D eigenvalue weighted by Crippen LogP contribution is 2.29. The molecule has 0 aliphatic carbocycles. The molecule has 12 nitrogen and oxygen atoms in total. The van der Waals surface area contributed by atoms with Gasteiger partial charge < -0.3 is 33.7 Å². The second kappa shape index (κ2) is 16.6. The third kappa shape index (κ3) is 10.3. The number of hydrogen-bond donors (Lipinski definition) is 2. The Bertz CT molecular complexity index is 1580. The number of hydrogen-bond acceptors (Lipinski definition) is 10. The van der Waals surface area contributed by atoms with Crippen molar-refractivity contribution < 1.29 is 47.7 Å². The third-order valence-corrected chi connectivity index (χ3v) is 7.40. The molecule has 0 aliphatic rings. The molecule has 0 unspecified atom stereocenters. The van der Waals surface area contributed by atoms with Crippen LogP contribution in [-0.4, -0.2) is 66.2 Å². The van der Waals surface area contributed by atoms with Gasteiger partial charge >= 0.3 is 29.8 Å². The molecular weight excluding hydrogens is 608 g/mol. The van der Waals surface area contributed by atoms with Crippen LogP contribution in [0.4, 0.5) is 0 Å². The molecule has 0 fully saturated rings. The highest BCUT2D eigenvalue weighted by Gasteiger charge is 2.29. The predicted molar refractivity (Wildman–Crippen MR) is 171 cm³/mol. The number of aromatic nitrogens is 2. The molecule has 0 bridgehead atoms. The summed E-state index contributed by atoms with van der Waals surface area (Å²) < 4.78 is 26.2. The summed E-state index contributed by atoms with van der Waals surface area (Å²) in [6.07, 6.45) is 0.235. The van der Waals surface area contributed by atoms with E-state index in [1.165, 1.54) is 14.2 Å². The fourth-order valence-corrected chi connectivity index (χ4v) is 5.12.